The van der Waals surface area contributed by atoms with Gasteiger partial charge in [0.2, 0.25) is 0 Å². The lowest BCUT2D eigenvalue weighted by Crippen LogP contribution is -2.66. The number of ketones is 1. The number of aliphatic hydroxyl groups is 1. The van der Waals surface area contributed by atoms with Crippen LogP contribution in [-0.4, -0.2) is 70.0 Å². The highest BCUT2D eigenvalue weighted by Crippen LogP contribution is 2.32. The normalized spacial score (nSPS) is 21.9. The monoisotopic (exact) mass is 372 g/mol. The van der Waals surface area contributed by atoms with Gasteiger partial charge >= 0.3 is 6.03 Å². The van der Waals surface area contributed by atoms with E-state index in [0.29, 0.717) is 19.0 Å². The Balaban J connectivity index is 1.30. The number of aromatic nitrogens is 1. The van der Waals surface area contributed by atoms with Crippen molar-refractivity contribution in [3.05, 3.63) is 23.4 Å². The summed E-state index contributed by atoms with van der Waals surface area (Å²) in [6.07, 6.45) is 4.18. The van der Waals surface area contributed by atoms with Gasteiger partial charge in [-0.2, -0.15) is 0 Å². The lowest BCUT2D eigenvalue weighted by molar-refractivity contribution is -0.131. The molecule has 0 unspecified atom stereocenters. The first-order valence-corrected chi connectivity index (χ1v) is 9.93. The van der Waals surface area contributed by atoms with Crippen LogP contribution in [0.4, 0.5) is 10.6 Å². The molecule has 7 heteroatoms. The molecule has 0 spiro atoms. The molecule has 0 bridgehead atoms. The third-order valence-corrected chi connectivity index (χ3v) is 5.92. The van der Waals surface area contributed by atoms with Crippen LogP contribution in [-0.2, 0) is 11.2 Å². The highest BCUT2D eigenvalue weighted by molar-refractivity contribution is 5.79. The van der Waals surface area contributed by atoms with Crippen molar-refractivity contribution < 1.29 is 14.7 Å². The minimum absolute atomic E-state index is 0.0262. The van der Waals surface area contributed by atoms with Crippen LogP contribution in [0.2, 0.25) is 0 Å². The average molecular weight is 372 g/mol. The maximum atomic E-state index is 12.6. The third-order valence-electron chi connectivity index (χ3n) is 5.92. The smallest absolute Gasteiger partial charge is 0.320 e. The lowest BCUT2D eigenvalue weighted by atomic mass is 9.88. The molecule has 7 nitrogen and oxygen atoms in total. The van der Waals surface area contributed by atoms with Crippen molar-refractivity contribution in [3.63, 3.8) is 0 Å². The minimum atomic E-state index is -1.03. The topological polar surface area (TPSA) is 85.8 Å². The van der Waals surface area contributed by atoms with Crippen LogP contribution in [0.25, 0.3) is 0 Å². The molecule has 0 radical (unpaired) electrons. The van der Waals surface area contributed by atoms with Crippen molar-refractivity contribution in [2.75, 3.05) is 38.0 Å². The molecule has 3 aliphatic rings. The van der Waals surface area contributed by atoms with E-state index in [-0.39, 0.29) is 31.3 Å². The van der Waals surface area contributed by atoms with Crippen LogP contribution in [0.3, 0.4) is 0 Å². The van der Waals surface area contributed by atoms with E-state index in [9.17, 15) is 14.7 Å². The molecule has 1 aromatic heterocycles. The van der Waals surface area contributed by atoms with Crippen LogP contribution < -0.4 is 5.32 Å². The zero-order valence-electron chi connectivity index (χ0n) is 15.9. The number of hydrogen-bond acceptors (Lipinski definition) is 5. The zero-order valence-corrected chi connectivity index (χ0v) is 15.9. The molecule has 3 aliphatic heterocycles. The fraction of sp³-hybridized carbons (Fsp3) is 0.650. The Kier molecular flexibility index (Phi) is 4.80. The van der Waals surface area contributed by atoms with Crippen LogP contribution >= 0.6 is 0 Å². The number of amides is 2. The third kappa shape index (κ3) is 3.78. The van der Waals surface area contributed by atoms with Gasteiger partial charge in [-0.1, -0.05) is 6.07 Å². The fourth-order valence-corrected chi connectivity index (χ4v) is 4.51. The van der Waals surface area contributed by atoms with Crippen molar-refractivity contribution >= 4 is 17.6 Å². The van der Waals surface area contributed by atoms with Gasteiger partial charge < -0.3 is 20.2 Å². The van der Waals surface area contributed by atoms with Crippen LogP contribution in [0, 0.1) is 0 Å². The maximum Gasteiger partial charge on any atom is 0.320 e. The summed E-state index contributed by atoms with van der Waals surface area (Å²) in [6, 6.07) is 4.31. The Bertz CT molecular complexity index is 737. The van der Waals surface area contributed by atoms with Gasteiger partial charge in [0.05, 0.1) is 13.1 Å². The number of nitrogens with one attached hydrogen (secondary N) is 1. The number of rotatable bonds is 3. The van der Waals surface area contributed by atoms with E-state index < -0.39 is 5.60 Å². The largest absolute Gasteiger partial charge is 0.386 e. The van der Waals surface area contributed by atoms with Gasteiger partial charge in [0.1, 0.15) is 17.2 Å². The van der Waals surface area contributed by atoms with Crippen molar-refractivity contribution in [1.82, 2.24) is 14.8 Å². The number of urea groups is 1. The highest BCUT2D eigenvalue weighted by Gasteiger charge is 2.45. The van der Waals surface area contributed by atoms with E-state index in [1.54, 1.807) is 4.90 Å². The maximum absolute atomic E-state index is 12.6. The Morgan fingerprint density at radius 1 is 1.26 bits per heavy atom. The number of hydrogen-bond donors (Lipinski definition) is 2. The Hall–Kier alpha value is -2.15. The second-order valence-corrected chi connectivity index (χ2v) is 8.28. The molecule has 4 heterocycles. The summed E-state index contributed by atoms with van der Waals surface area (Å²) in [6.45, 7) is 4.38. The Morgan fingerprint density at radius 2 is 2.00 bits per heavy atom. The predicted molar refractivity (Wildman–Crippen MR) is 102 cm³/mol. The number of aryl methyl sites for hydroxylation is 1. The molecule has 1 aromatic rings. The first-order chi connectivity index (χ1) is 12.9. The van der Waals surface area contributed by atoms with Crippen molar-refractivity contribution in [2.45, 2.75) is 50.5 Å². The van der Waals surface area contributed by atoms with Gasteiger partial charge in [-0.15, -0.1) is 0 Å². The number of piperidine rings is 1. The van der Waals surface area contributed by atoms with Crippen molar-refractivity contribution in [2.24, 2.45) is 0 Å². The Labute approximate surface area is 159 Å². The van der Waals surface area contributed by atoms with E-state index in [2.05, 4.69) is 17.4 Å². The second-order valence-electron chi connectivity index (χ2n) is 8.28. The number of nitrogens with zero attached hydrogens (tertiary/aromatic N) is 3. The standard InChI is InChI=1S/C20H28N4O3/c1-14(25)11-20(27)12-24(13-20)19(26)23-9-6-15(7-10-23)17-5-4-16-3-2-8-21-18(16)22-17/h4-5,15,27H,2-3,6-13H2,1H3,(H,21,22). The van der Waals surface area contributed by atoms with Crippen molar-refractivity contribution in [1.29, 1.82) is 0 Å². The quantitative estimate of drug-likeness (QED) is 0.845. The Morgan fingerprint density at radius 3 is 2.70 bits per heavy atom. The van der Waals surface area contributed by atoms with Crippen LogP contribution in [0.15, 0.2) is 12.1 Å². The van der Waals surface area contributed by atoms with Gasteiger partial charge in [0, 0.05) is 37.7 Å². The molecule has 2 fully saturated rings. The molecule has 0 aromatic carbocycles. The zero-order chi connectivity index (χ0) is 19.0. The van der Waals surface area contributed by atoms with E-state index in [1.165, 1.54) is 12.5 Å². The molecular formula is C20H28N4O3. The summed E-state index contributed by atoms with van der Waals surface area (Å²) >= 11 is 0. The number of anilines is 1. The molecule has 2 amide bonds. The second kappa shape index (κ2) is 7.11. The van der Waals surface area contributed by atoms with Crippen molar-refractivity contribution in [3.8, 4) is 0 Å². The average Bonchev–Trinajstić information content (AvgIpc) is 2.64. The summed E-state index contributed by atoms with van der Waals surface area (Å²) in [5.74, 6) is 1.37. The van der Waals surface area contributed by atoms with Crippen LogP contribution in [0.5, 0.6) is 0 Å². The number of fused-ring (bicyclic) bond motifs is 1. The highest BCUT2D eigenvalue weighted by atomic mass is 16.3. The van der Waals surface area contributed by atoms with E-state index in [1.807, 2.05) is 4.90 Å². The number of pyridine rings is 1. The minimum Gasteiger partial charge on any atom is -0.386 e. The van der Waals surface area contributed by atoms with Crippen LogP contribution in [0.1, 0.15) is 49.8 Å². The molecule has 2 N–H and O–H groups in total. The van der Waals surface area contributed by atoms with Gasteiger partial charge in [0.15, 0.2) is 0 Å². The first kappa shape index (κ1) is 18.2. The van der Waals surface area contributed by atoms with E-state index in [4.69, 9.17) is 4.98 Å². The molecule has 0 atom stereocenters. The molecule has 0 saturated carbocycles. The molecule has 27 heavy (non-hydrogen) atoms. The van der Waals surface area contributed by atoms with Gasteiger partial charge in [-0.3, -0.25) is 4.79 Å². The van der Waals surface area contributed by atoms with Gasteiger partial charge in [0.25, 0.3) is 0 Å². The van der Waals surface area contributed by atoms with E-state index in [0.717, 1.165) is 43.7 Å². The molecule has 4 rings (SSSR count). The molecule has 2 saturated heterocycles. The van der Waals surface area contributed by atoms with Gasteiger partial charge in [-0.05, 0) is 44.2 Å². The summed E-state index contributed by atoms with van der Waals surface area (Å²) in [5.41, 5.74) is 1.39. The molecule has 146 valence electrons. The number of carbonyl (C=O) groups is 2. The number of likely N-dealkylation sites (tertiary alicyclic amines) is 2. The number of carbonyl (C=O) groups excluding carboxylic acids is 2. The lowest BCUT2D eigenvalue weighted by Gasteiger charge is -2.48. The van der Waals surface area contributed by atoms with E-state index >= 15 is 0 Å². The first-order valence-electron chi connectivity index (χ1n) is 9.93. The number of β-amino-alcohol motifs (C(OH)–C–C–N with tert-alkyl or cyclic N) is 1. The molecule has 0 aliphatic carbocycles. The SMILES string of the molecule is CC(=O)CC1(O)CN(C(=O)N2CCC(c3ccc4c(n3)NCCC4)CC2)C1. The number of Topliss-reactive ketones (excluding diaryl/α,β-unsaturated/α-hetero) is 1. The fourth-order valence-electron chi connectivity index (χ4n) is 4.51. The summed E-state index contributed by atoms with van der Waals surface area (Å²) in [4.78, 5) is 32.2. The van der Waals surface area contributed by atoms with Gasteiger partial charge in [-0.25, -0.2) is 9.78 Å². The summed E-state index contributed by atoms with van der Waals surface area (Å²) in [5, 5.41) is 13.6. The molecular weight excluding hydrogens is 344 g/mol. The summed E-state index contributed by atoms with van der Waals surface area (Å²) < 4.78 is 0. The predicted octanol–water partition coefficient (Wildman–Crippen LogP) is 1.76. The summed E-state index contributed by atoms with van der Waals surface area (Å²) in [7, 11) is 0.